The lowest BCUT2D eigenvalue weighted by molar-refractivity contribution is -0.908. The molecule has 0 aromatic heterocycles. The number of morpholine rings is 1. The van der Waals surface area contributed by atoms with Crippen molar-refractivity contribution in [2.75, 3.05) is 59.7 Å². The van der Waals surface area contributed by atoms with Gasteiger partial charge in [-0.3, -0.25) is 9.59 Å². The Morgan fingerprint density at radius 3 is 2.46 bits per heavy atom. The number of hydrogen-bond acceptors (Lipinski definition) is 7. The second kappa shape index (κ2) is 14.4. The topological polar surface area (TPSA) is 102 Å². The summed E-state index contributed by atoms with van der Waals surface area (Å²) in [5.74, 6) is -0.129. The monoisotopic (exact) mass is 566 g/mol. The van der Waals surface area contributed by atoms with Gasteiger partial charge in [0.15, 0.2) is 11.5 Å². The van der Waals surface area contributed by atoms with Crippen LogP contribution in [0.3, 0.4) is 0 Å². The maximum Gasteiger partial charge on any atom is 0.295 e. The van der Waals surface area contributed by atoms with E-state index in [1.807, 2.05) is 13.8 Å². The van der Waals surface area contributed by atoms with Crippen LogP contribution in [-0.4, -0.2) is 76.3 Å². The van der Waals surface area contributed by atoms with Crippen molar-refractivity contribution in [2.24, 2.45) is 0 Å². The zero-order chi connectivity index (χ0) is 29.4. The van der Waals surface area contributed by atoms with Crippen LogP contribution in [-0.2, 0) is 14.3 Å². The van der Waals surface area contributed by atoms with Gasteiger partial charge in [-0.25, -0.2) is 0 Å². The minimum Gasteiger partial charge on any atom is -0.872 e. The molecule has 2 fully saturated rings. The van der Waals surface area contributed by atoms with Crippen molar-refractivity contribution in [3.63, 3.8) is 0 Å². The molecule has 1 atom stereocenters. The van der Waals surface area contributed by atoms with Crippen LogP contribution < -0.4 is 24.2 Å². The molecular formula is C32H42N2O7. The first kappa shape index (κ1) is 30.4. The standard InChI is InChI=1S/C32H42N2O7/c1-5-7-17-41-25-11-10-24(20-22(25)3)30(35)28-29(23-9-12-26(40-6-2)27(21-23)38-4)34(32(37)31(28)36)14-8-13-33-15-18-39-19-16-33/h9-12,20-21,29,35H,5-8,13-19H2,1-4H3. The molecule has 2 aliphatic rings. The SMILES string of the molecule is CCCCOc1ccc(C([O-])=C2C(=O)C(=O)N(CCC[NH+]3CCOCC3)C2c2ccc(OCC)c(OC)c2)cc1C. The number of hydrogen-bond donors (Lipinski definition) is 1. The van der Waals surface area contributed by atoms with Crippen LogP contribution in [0.5, 0.6) is 17.2 Å². The van der Waals surface area contributed by atoms with Crippen molar-refractivity contribution in [3.8, 4) is 17.2 Å². The average Bonchev–Trinajstić information content (AvgIpc) is 3.23. The fourth-order valence-corrected chi connectivity index (χ4v) is 5.42. The quantitative estimate of drug-likeness (QED) is 0.172. The van der Waals surface area contributed by atoms with Crippen LogP contribution in [0, 0.1) is 6.92 Å². The fraction of sp³-hybridized carbons (Fsp3) is 0.500. The van der Waals surface area contributed by atoms with E-state index in [1.165, 1.54) is 12.0 Å². The molecule has 41 heavy (non-hydrogen) atoms. The number of Topliss-reactive ketones (excluding diaryl/α,β-unsaturated/α-hetero) is 1. The number of ketones is 1. The Morgan fingerprint density at radius 1 is 1.02 bits per heavy atom. The molecule has 2 aliphatic heterocycles. The number of unbranched alkanes of at least 4 members (excludes halogenated alkanes) is 1. The molecule has 2 aromatic carbocycles. The number of amides is 1. The molecular weight excluding hydrogens is 524 g/mol. The normalized spacial score (nSPS) is 19.0. The molecule has 9 nitrogen and oxygen atoms in total. The van der Waals surface area contributed by atoms with Gasteiger partial charge in [-0.2, -0.15) is 0 Å². The molecule has 2 heterocycles. The summed E-state index contributed by atoms with van der Waals surface area (Å²) in [6.45, 7) is 11.4. The highest BCUT2D eigenvalue weighted by Crippen LogP contribution is 2.41. The minimum absolute atomic E-state index is 0.0426. The van der Waals surface area contributed by atoms with Crippen molar-refractivity contribution < 1.29 is 38.5 Å². The number of rotatable bonds is 13. The maximum atomic E-state index is 13.9. The Labute approximate surface area is 242 Å². The van der Waals surface area contributed by atoms with Crippen LogP contribution >= 0.6 is 0 Å². The van der Waals surface area contributed by atoms with E-state index in [1.54, 1.807) is 41.3 Å². The van der Waals surface area contributed by atoms with E-state index in [0.29, 0.717) is 54.6 Å². The Morgan fingerprint density at radius 2 is 1.78 bits per heavy atom. The van der Waals surface area contributed by atoms with Gasteiger partial charge < -0.3 is 33.9 Å². The second-order valence-corrected chi connectivity index (χ2v) is 10.5. The number of carbonyl (C=O) groups is 2. The third-order valence-corrected chi connectivity index (χ3v) is 7.65. The van der Waals surface area contributed by atoms with E-state index in [4.69, 9.17) is 18.9 Å². The lowest BCUT2D eigenvalue weighted by Crippen LogP contribution is -3.14. The summed E-state index contributed by atoms with van der Waals surface area (Å²) in [5, 5.41) is 13.9. The van der Waals surface area contributed by atoms with Gasteiger partial charge >= 0.3 is 0 Å². The van der Waals surface area contributed by atoms with Gasteiger partial charge in [0.05, 0.1) is 46.1 Å². The Hall–Kier alpha value is -3.56. The number of nitrogens with one attached hydrogen (secondary N) is 1. The minimum atomic E-state index is -0.826. The first-order valence-corrected chi connectivity index (χ1v) is 14.6. The number of likely N-dealkylation sites (tertiary alicyclic amines) is 1. The molecule has 0 spiro atoms. The number of benzene rings is 2. The molecule has 1 amide bonds. The lowest BCUT2D eigenvalue weighted by atomic mass is 9.94. The summed E-state index contributed by atoms with van der Waals surface area (Å²) >= 11 is 0. The summed E-state index contributed by atoms with van der Waals surface area (Å²) < 4.78 is 22.5. The third-order valence-electron chi connectivity index (χ3n) is 7.65. The number of aryl methyl sites for hydroxylation is 1. The van der Waals surface area contributed by atoms with Crippen molar-refractivity contribution >= 4 is 17.4 Å². The van der Waals surface area contributed by atoms with Gasteiger partial charge in [-0.15, -0.1) is 0 Å². The van der Waals surface area contributed by atoms with Gasteiger partial charge in [0.25, 0.3) is 5.91 Å². The zero-order valence-electron chi connectivity index (χ0n) is 24.6. The van der Waals surface area contributed by atoms with Crippen molar-refractivity contribution in [1.82, 2.24) is 4.90 Å². The fourth-order valence-electron chi connectivity index (χ4n) is 5.42. The molecule has 9 heteroatoms. The number of ether oxygens (including phenoxy) is 4. The average molecular weight is 567 g/mol. The van der Waals surface area contributed by atoms with Gasteiger partial charge in [-0.05, 0) is 61.2 Å². The highest BCUT2D eigenvalue weighted by molar-refractivity contribution is 6.46. The van der Waals surface area contributed by atoms with Crippen molar-refractivity contribution in [2.45, 2.75) is 46.1 Å². The van der Waals surface area contributed by atoms with Gasteiger partial charge in [0, 0.05) is 18.5 Å². The second-order valence-electron chi connectivity index (χ2n) is 10.5. The van der Waals surface area contributed by atoms with E-state index in [-0.39, 0.29) is 5.57 Å². The smallest absolute Gasteiger partial charge is 0.295 e. The molecule has 2 aromatic rings. The van der Waals surface area contributed by atoms with E-state index in [0.717, 1.165) is 51.3 Å². The molecule has 0 saturated carbocycles. The number of nitrogens with zero attached hydrogens (tertiary/aromatic N) is 1. The summed E-state index contributed by atoms with van der Waals surface area (Å²) in [4.78, 5) is 29.8. The third kappa shape index (κ3) is 7.02. The highest BCUT2D eigenvalue weighted by atomic mass is 16.5. The molecule has 1 unspecified atom stereocenters. The van der Waals surface area contributed by atoms with Crippen LogP contribution in [0.2, 0.25) is 0 Å². The predicted molar refractivity (Wildman–Crippen MR) is 153 cm³/mol. The van der Waals surface area contributed by atoms with Gasteiger partial charge in [-0.1, -0.05) is 31.2 Å². The molecule has 222 valence electrons. The van der Waals surface area contributed by atoms with Crippen molar-refractivity contribution in [1.29, 1.82) is 0 Å². The summed E-state index contributed by atoms with van der Waals surface area (Å²) in [7, 11) is 1.54. The lowest BCUT2D eigenvalue weighted by Gasteiger charge is -2.29. The van der Waals surface area contributed by atoms with Crippen LogP contribution in [0.25, 0.3) is 5.76 Å². The Balaban J connectivity index is 1.70. The zero-order valence-corrected chi connectivity index (χ0v) is 24.6. The molecule has 2 saturated heterocycles. The van der Waals surface area contributed by atoms with Crippen LogP contribution in [0.4, 0.5) is 0 Å². The van der Waals surface area contributed by atoms with E-state index < -0.39 is 23.5 Å². The maximum absolute atomic E-state index is 13.9. The Bertz CT molecular complexity index is 1250. The van der Waals surface area contributed by atoms with E-state index in [9.17, 15) is 14.7 Å². The Kier molecular flexibility index (Phi) is 10.7. The summed E-state index contributed by atoms with van der Waals surface area (Å²) in [5.41, 5.74) is 1.74. The number of carbonyl (C=O) groups excluding carboxylic acids is 2. The largest absolute Gasteiger partial charge is 0.872 e. The summed E-state index contributed by atoms with van der Waals surface area (Å²) in [6.07, 6.45) is 2.65. The first-order chi connectivity index (χ1) is 19.9. The van der Waals surface area contributed by atoms with Gasteiger partial charge in [0.1, 0.15) is 18.8 Å². The number of quaternary nitrogens is 1. The molecule has 0 aliphatic carbocycles. The van der Waals surface area contributed by atoms with Crippen LogP contribution in [0.15, 0.2) is 42.0 Å². The summed E-state index contributed by atoms with van der Waals surface area (Å²) in [6, 6.07) is 9.65. The van der Waals surface area contributed by atoms with Gasteiger partial charge in [0.2, 0.25) is 5.78 Å². The number of methoxy groups -OCH3 is 1. The van der Waals surface area contributed by atoms with Crippen LogP contribution in [0.1, 0.15) is 55.8 Å². The highest BCUT2D eigenvalue weighted by Gasteiger charge is 2.44. The van der Waals surface area contributed by atoms with E-state index in [2.05, 4.69) is 6.92 Å². The first-order valence-electron chi connectivity index (χ1n) is 14.6. The van der Waals surface area contributed by atoms with Crippen molar-refractivity contribution in [3.05, 3.63) is 58.7 Å². The molecule has 0 radical (unpaired) electrons. The molecule has 0 bridgehead atoms. The van der Waals surface area contributed by atoms with E-state index >= 15 is 0 Å². The molecule has 1 N–H and O–H groups in total. The molecule has 4 rings (SSSR count). The predicted octanol–water partition coefficient (Wildman–Crippen LogP) is 2.11.